The summed E-state index contributed by atoms with van der Waals surface area (Å²) in [5.41, 5.74) is 1.14. The smallest absolute Gasteiger partial charge is 0.222 e. The average Bonchev–Trinajstić information content (AvgIpc) is 3.08. The lowest BCUT2D eigenvalue weighted by Crippen LogP contribution is -2.37. The summed E-state index contributed by atoms with van der Waals surface area (Å²) in [7, 11) is 2.08. The number of hydrogen-bond acceptors (Lipinski definition) is 3. The zero-order valence-corrected chi connectivity index (χ0v) is 21.9. The minimum atomic E-state index is 0.342. The summed E-state index contributed by atoms with van der Waals surface area (Å²) >= 11 is 0. The molecule has 0 spiro atoms. The molecule has 2 saturated heterocycles. The van der Waals surface area contributed by atoms with E-state index in [1.54, 1.807) is 0 Å². The predicted molar refractivity (Wildman–Crippen MR) is 133 cm³/mol. The van der Waals surface area contributed by atoms with Crippen LogP contribution in [0.4, 0.5) is 0 Å². The van der Waals surface area contributed by atoms with Crippen molar-refractivity contribution in [3.63, 3.8) is 0 Å². The van der Waals surface area contributed by atoms with Gasteiger partial charge >= 0.3 is 0 Å². The number of carbonyl (C=O) groups excluding carboxylic acids is 2. The van der Waals surface area contributed by atoms with Gasteiger partial charge in [-0.25, -0.2) is 0 Å². The van der Waals surface area contributed by atoms with Gasteiger partial charge in [-0.05, 0) is 66.2 Å². The van der Waals surface area contributed by atoms with Crippen molar-refractivity contribution in [2.45, 2.75) is 124 Å². The van der Waals surface area contributed by atoms with Crippen molar-refractivity contribution < 1.29 is 9.59 Å². The van der Waals surface area contributed by atoms with Crippen LogP contribution in [-0.2, 0) is 9.59 Å². The topological polar surface area (TPSA) is 43.9 Å². The lowest BCUT2D eigenvalue weighted by atomic mass is 10.2. The Morgan fingerprint density at radius 3 is 1.65 bits per heavy atom. The van der Waals surface area contributed by atoms with Crippen LogP contribution in [0.1, 0.15) is 106 Å². The van der Waals surface area contributed by atoms with E-state index in [9.17, 15) is 9.59 Å². The highest BCUT2D eigenvalue weighted by atomic mass is 16.2. The second kappa shape index (κ2) is 16.2. The minimum Gasteiger partial charge on any atom is -0.376 e. The minimum absolute atomic E-state index is 0.342. The third-order valence-corrected chi connectivity index (χ3v) is 6.82. The molecule has 0 bridgehead atoms. The Morgan fingerprint density at radius 1 is 0.839 bits per heavy atom. The molecule has 2 fully saturated rings. The van der Waals surface area contributed by atoms with Gasteiger partial charge in [0.05, 0.1) is 0 Å². The molecule has 0 aliphatic carbocycles. The molecule has 2 heterocycles. The number of amides is 2. The Hall–Kier alpha value is -1.52. The van der Waals surface area contributed by atoms with Crippen molar-refractivity contribution in [3.8, 4) is 0 Å². The number of hydrogen-bond donors (Lipinski definition) is 0. The molecule has 5 nitrogen and oxygen atoms in total. The molecular weight excluding hydrogens is 386 g/mol. The first kappa shape index (κ1) is 29.5. The second-order valence-corrected chi connectivity index (χ2v) is 9.21. The van der Waals surface area contributed by atoms with Gasteiger partial charge in [-0.15, -0.1) is 0 Å². The van der Waals surface area contributed by atoms with E-state index in [0.717, 1.165) is 57.3 Å². The summed E-state index contributed by atoms with van der Waals surface area (Å²) < 4.78 is 0. The maximum Gasteiger partial charge on any atom is 0.222 e. The molecule has 0 saturated carbocycles. The van der Waals surface area contributed by atoms with Crippen LogP contribution in [0.15, 0.2) is 12.3 Å². The fraction of sp³-hybridized carbons (Fsp3) is 0.846. The van der Waals surface area contributed by atoms with Gasteiger partial charge in [-0.1, -0.05) is 33.8 Å². The summed E-state index contributed by atoms with van der Waals surface area (Å²) in [4.78, 5) is 28.9. The van der Waals surface area contributed by atoms with E-state index in [1.165, 1.54) is 19.3 Å². The third kappa shape index (κ3) is 11.1. The van der Waals surface area contributed by atoms with Crippen molar-refractivity contribution in [2.75, 3.05) is 20.1 Å². The zero-order valence-electron chi connectivity index (χ0n) is 21.9. The van der Waals surface area contributed by atoms with E-state index < -0.39 is 0 Å². The Labute approximate surface area is 193 Å². The van der Waals surface area contributed by atoms with Crippen LogP contribution in [-0.4, -0.2) is 64.8 Å². The molecule has 5 heteroatoms. The molecule has 2 aliphatic rings. The average molecular weight is 438 g/mol. The molecule has 2 rings (SSSR count). The number of nitrogens with zero attached hydrogens (tertiary/aromatic N) is 3. The maximum absolute atomic E-state index is 11.5. The fourth-order valence-corrected chi connectivity index (χ4v) is 3.70. The van der Waals surface area contributed by atoms with Crippen molar-refractivity contribution >= 4 is 11.8 Å². The van der Waals surface area contributed by atoms with E-state index in [4.69, 9.17) is 0 Å². The molecule has 2 amide bonds. The second-order valence-electron chi connectivity index (χ2n) is 9.21. The van der Waals surface area contributed by atoms with Crippen LogP contribution >= 0.6 is 0 Å². The summed E-state index contributed by atoms with van der Waals surface area (Å²) in [6.45, 7) is 20.8. The zero-order chi connectivity index (χ0) is 24.0. The van der Waals surface area contributed by atoms with Crippen molar-refractivity contribution in [2.24, 2.45) is 0 Å². The van der Waals surface area contributed by atoms with E-state index in [0.29, 0.717) is 29.9 Å². The number of carbonyl (C=O) groups is 2. The van der Waals surface area contributed by atoms with Gasteiger partial charge in [0, 0.05) is 56.8 Å². The summed E-state index contributed by atoms with van der Waals surface area (Å²) in [5, 5.41) is 0. The first-order valence-electron chi connectivity index (χ1n) is 12.6. The molecular formula is C26H51N3O2. The number of allylic oxidation sites excluding steroid dienone is 1. The van der Waals surface area contributed by atoms with Crippen LogP contribution < -0.4 is 0 Å². The number of likely N-dealkylation sites (tertiary alicyclic amines) is 2. The Bertz CT molecular complexity index is 535. The number of rotatable bonds is 7. The molecule has 3 unspecified atom stereocenters. The normalized spacial score (nSPS) is 19.4. The van der Waals surface area contributed by atoms with Crippen LogP contribution in [0.5, 0.6) is 0 Å². The van der Waals surface area contributed by atoms with Gasteiger partial charge in [0.15, 0.2) is 0 Å². The van der Waals surface area contributed by atoms with Crippen LogP contribution in [0.2, 0.25) is 0 Å². The standard InChI is InChI=1S/C10H19NO.C8H15NO.C8H17N/c1-3-9(2)11-8-6-4-5-7-10(11)12;1-3-7(2)9-6-4-5-8(9)10;1-6-8(4)9(5)7(2)3/h9H,3-8H2,1-2H3;7H,3-6H2,1-2H3;8H,2,6H2,1,3-5H3. The lowest BCUT2D eigenvalue weighted by Gasteiger charge is -2.26. The monoisotopic (exact) mass is 437 g/mol. The van der Waals surface area contributed by atoms with E-state index in [2.05, 4.69) is 60.1 Å². The van der Waals surface area contributed by atoms with E-state index >= 15 is 0 Å². The van der Waals surface area contributed by atoms with E-state index in [1.807, 2.05) is 16.7 Å². The molecule has 0 aromatic heterocycles. The maximum atomic E-state index is 11.5. The van der Waals surface area contributed by atoms with Crippen LogP contribution in [0, 0.1) is 0 Å². The SMILES string of the molecule is C=C(C)N(C)C(C)CC.CCC(C)N1CCCC1=O.CCC(C)N1CCCCCC1=O. The molecule has 3 atom stereocenters. The van der Waals surface area contributed by atoms with Gasteiger partial charge in [0.25, 0.3) is 0 Å². The quantitative estimate of drug-likeness (QED) is 0.502. The molecule has 0 aromatic rings. The van der Waals surface area contributed by atoms with Gasteiger partial charge in [0.1, 0.15) is 0 Å². The van der Waals surface area contributed by atoms with E-state index in [-0.39, 0.29) is 0 Å². The summed E-state index contributed by atoms with van der Waals surface area (Å²) in [6.07, 6.45) is 9.43. The molecule has 0 aromatic carbocycles. The molecule has 0 radical (unpaired) electrons. The predicted octanol–water partition coefficient (Wildman–Crippen LogP) is 5.85. The highest BCUT2D eigenvalue weighted by molar-refractivity contribution is 5.78. The molecule has 2 aliphatic heterocycles. The van der Waals surface area contributed by atoms with Crippen molar-refractivity contribution in [1.82, 2.24) is 14.7 Å². The molecule has 31 heavy (non-hydrogen) atoms. The van der Waals surface area contributed by atoms with Gasteiger partial charge in [0.2, 0.25) is 11.8 Å². The van der Waals surface area contributed by atoms with Crippen LogP contribution in [0.3, 0.4) is 0 Å². The highest BCUT2D eigenvalue weighted by Crippen LogP contribution is 2.15. The Morgan fingerprint density at radius 2 is 1.29 bits per heavy atom. The summed E-state index contributed by atoms with van der Waals surface area (Å²) in [5.74, 6) is 0.705. The first-order chi connectivity index (χ1) is 14.6. The largest absolute Gasteiger partial charge is 0.376 e. The van der Waals surface area contributed by atoms with Crippen molar-refractivity contribution in [3.05, 3.63) is 12.3 Å². The van der Waals surface area contributed by atoms with Gasteiger partial charge in [-0.2, -0.15) is 0 Å². The molecule has 182 valence electrons. The van der Waals surface area contributed by atoms with Gasteiger partial charge < -0.3 is 14.7 Å². The fourth-order valence-electron chi connectivity index (χ4n) is 3.70. The lowest BCUT2D eigenvalue weighted by molar-refractivity contribution is -0.132. The Kier molecular flexibility index (Phi) is 15.4. The van der Waals surface area contributed by atoms with Crippen LogP contribution in [0.25, 0.3) is 0 Å². The molecule has 0 N–H and O–H groups in total. The highest BCUT2D eigenvalue weighted by Gasteiger charge is 2.23. The van der Waals surface area contributed by atoms with Crippen molar-refractivity contribution in [1.29, 1.82) is 0 Å². The Balaban J connectivity index is 0.000000441. The summed E-state index contributed by atoms with van der Waals surface area (Å²) in [6, 6.07) is 1.52. The third-order valence-electron chi connectivity index (χ3n) is 6.82. The van der Waals surface area contributed by atoms with Gasteiger partial charge in [-0.3, -0.25) is 9.59 Å². The first-order valence-corrected chi connectivity index (χ1v) is 12.6.